The van der Waals surface area contributed by atoms with Crippen LogP contribution in [-0.2, 0) is 0 Å². The molecule has 1 aliphatic heterocycles. The number of hydrogen-bond acceptors (Lipinski definition) is 2. The zero-order valence-electron chi connectivity index (χ0n) is 9.97. The first kappa shape index (κ1) is 11.4. The molecule has 2 heteroatoms. The highest BCUT2D eigenvalue weighted by atomic mass is 16.3. The van der Waals surface area contributed by atoms with Crippen molar-refractivity contribution in [3.8, 4) is 0 Å². The van der Waals surface area contributed by atoms with E-state index >= 15 is 0 Å². The predicted octanol–water partition coefficient (Wildman–Crippen LogP) is 2.32. The Balaban J connectivity index is 1.85. The number of piperidine rings is 1. The Morgan fingerprint density at radius 3 is 2.60 bits per heavy atom. The van der Waals surface area contributed by atoms with Gasteiger partial charge in [-0.2, -0.15) is 0 Å². The minimum atomic E-state index is -0.372. The third kappa shape index (κ3) is 2.94. The summed E-state index contributed by atoms with van der Waals surface area (Å²) in [6.45, 7) is 4.41. The molecule has 0 radical (unpaired) electrons. The van der Waals surface area contributed by atoms with Crippen LogP contribution in [0.15, 0.2) is 0 Å². The Kier molecular flexibility index (Phi) is 3.68. The molecule has 1 saturated heterocycles. The van der Waals surface area contributed by atoms with Crippen LogP contribution in [0, 0.1) is 11.8 Å². The molecule has 0 amide bonds. The van der Waals surface area contributed by atoms with Crippen LogP contribution >= 0.6 is 0 Å². The number of nitrogens with one attached hydrogen (secondary N) is 1. The van der Waals surface area contributed by atoms with Gasteiger partial charge in [-0.3, -0.25) is 0 Å². The fraction of sp³-hybridized carbons (Fsp3) is 1.00. The van der Waals surface area contributed by atoms with Crippen molar-refractivity contribution in [2.75, 3.05) is 13.1 Å². The molecule has 0 aromatic heterocycles. The van der Waals surface area contributed by atoms with Gasteiger partial charge in [-0.05, 0) is 64.0 Å². The summed E-state index contributed by atoms with van der Waals surface area (Å²) < 4.78 is 0. The summed E-state index contributed by atoms with van der Waals surface area (Å²) in [4.78, 5) is 0. The van der Waals surface area contributed by atoms with Crippen molar-refractivity contribution in [1.29, 1.82) is 0 Å². The molecule has 15 heavy (non-hydrogen) atoms. The summed E-state index contributed by atoms with van der Waals surface area (Å²) in [7, 11) is 0. The van der Waals surface area contributed by atoms with E-state index in [1.165, 1.54) is 51.6 Å². The molecule has 2 atom stereocenters. The zero-order valence-corrected chi connectivity index (χ0v) is 9.97. The first-order valence-corrected chi connectivity index (χ1v) is 6.61. The Hall–Kier alpha value is -0.0800. The first-order chi connectivity index (χ1) is 7.18. The molecule has 2 rings (SSSR count). The lowest BCUT2D eigenvalue weighted by molar-refractivity contribution is -0.0422. The van der Waals surface area contributed by atoms with Gasteiger partial charge in [-0.1, -0.05) is 12.8 Å². The van der Waals surface area contributed by atoms with Gasteiger partial charge in [-0.25, -0.2) is 0 Å². The fourth-order valence-electron chi connectivity index (χ4n) is 3.28. The molecule has 1 saturated carbocycles. The number of aliphatic hydroxyl groups is 1. The average Bonchev–Trinajstić information content (AvgIpc) is 2.23. The minimum absolute atomic E-state index is 0.372. The molecule has 2 N–H and O–H groups in total. The summed E-state index contributed by atoms with van der Waals surface area (Å²) in [5.74, 6) is 1.43. The summed E-state index contributed by atoms with van der Waals surface area (Å²) in [6, 6.07) is 0. The minimum Gasteiger partial charge on any atom is -0.390 e. The van der Waals surface area contributed by atoms with Gasteiger partial charge in [0.2, 0.25) is 0 Å². The summed E-state index contributed by atoms with van der Waals surface area (Å²) in [6.07, 6.45) is 8.69. The van der Waals surface area contributed by atoms with Crippen molar-refractivity contribution < 1.29 is 5.11 Å². The monoisotopic (exact) mass is 211 g/mol. The highest BCUT2D eigenvalue weighted by molar-refractivity contribution is 4.88. The summed E-state index contributed by atoms with van der Waals surface area (Å²) in [5, 5.41) is 13.8. The zero-order chi connectivity index (χ0) is 10.7. The van der Waals surface area contributed by atoms with E-state index in [9.17, 15) is 5.11 Å². The molecule has 88 valence electrons. The molecule has 0 aromatic carbocycles. The molecule has 0 aromatic rings. The molecule has 1 heterocycles. The topological polar surface area (TPSA) is 32.3 Å². The van der Waals surface area contributed by atoms with Crippen LogP contribution in [0.1, 0.15) is 51.9 Å². The van der Waals surface area contributed by atoms with Crippen molar-refractivity contribution in [3.05, 3.63) is 0 Å². The van der Waals surface area contributed by atoms with E-state index in [4.69, 9.17) is 0 Å². The second kappa shape index (κ2) is 4.84. The molecule has 2 unspecified atom stereocenters. The standard InChI is InChI=1S/C13H25NO/c1-13(15)7-3-2-4-12(13)10-11-5-8-14-9-6-11/h11-12,14-15H,2-10H2,1H3. The second-order valence-electron chi connectivity index (χ2n) is 5.73. The lowest BCUT2D eigenvalue weighted by Crippen LogP contribution is -2.40. The van der Waals surface area contributed by atoms with E-state index in [1.54, 1.807) is 0 Å². The highest BCUT2D eigenvalue weighted by Gasteiger charge is 2.35. The average molecular weight is 211 g/mol. The Labute approximate surface area is 93.5 Å². The van der Waals surface area contributed by atoms with Gasteiger partial charge < -0.3 is 10.4 Å². The van der Waals surface area contributed by atoms with Gasteiger partial charge in [-0.15, -0.1) is 0 Å². The third-order valence-electron chi connectivity index (χ3n) is 4.44. The molecule has 0 bridgehead atoms. The van der Waals surface area contributed by atoms with E-state index in [1.807, 2.05) is 0 Å². The normalized spacial score (nSPS) is 39.2. The van der Waals surface area contributed by atoms with Crippen molar-refractivity contribution in [2.24, 2.45) is 11.8 Å². The van der Waals surface area contributed by atoms with E-state index in [0.717, 1.165) is 12.3 Å². The molecule has 2 fully saturated rings. The van der Waals surface area contributed by atoms with Crippen LogP contribution in [0.5, 0.6) is 0 Å². The van der Waals surface area contributed by atoms with Gasteiger partial charge in [0.15, 0.2) is 0 Å². The van der Waals surface area contributed by atoms with E-state index < -0.39 is 0 Å². The van der Waals surface area contributed by atoms with E-state index in [-0.39, 0.29) is 5.60 Å². The van der Waals surface area contributed by atoms with Gasteiger partial charge in [0.05, 0.1) is 5.60 Å². The molecule has 1 aliphatic carbocycles. The van der Waals surface area contributed by atoms with Gasteiger partial charge in [0, 0.05) is 0 Å². The van der Waals surface area contributed by atoms with Crippen LogP contribution in [0.3, 0.4) is 0 Å². The van der Waals surface area contributed by atoms with Crippen LogP contribution in [0.2, 0.25) is 0 Å². The molecule has 2 nitrogen and oxygen atoms in total. The Morgan fingerprint density at radius 1 is 1.20 bits per heavy atom. The van der Waals surface area contributed by atoms with Gasteiger partial charge in [0.25, 0.3) is 0 Å². The molecular weight excluding hydrogens is 186 g/mol. The third-order valence-corrected chi connectivity index (χ3v) is 4.44. The van der Waals surface area contributed by atoms with Gasteiger partial charge >= 0.3 is 0 Å². The summed E-state index contributed by atoms with van der Waals surface area (Å²) >= 11 is 0. The highest BCUT2D eigenvalue weighted by Crippen LogP contribution is 2.38. The smallest absolute Gasteiger partial charge is 0.0647 e. The SMILES string of the molecule is CC1(O)CCCCC1CC1CCNCC1. The Bertz CT molecular complexity index is 197. The van der Waals surface area contributed by atoms with Crippen LogP contribution in [0.25, 0.3) is 0 Å². The molecule has 0 spiro atoms. The predicted molar refractivity (Wildman–Crippen MR) is 62.8 cm³/mol. The van der Waals surface area contributed by atoms with E-state index in [0.29, 0.717) is 5.92 Å². The van der Waals surface area contributed by atoms with Gasteiger partial charge in [0.1, 0.15) is 0 Å². The Morgan fingerprint density at radius 2 is 1.93 bits per heavy atom. The number of hydrogen-bond donors (Lipinski definition) is 2. The maximum Gasteiger partial charge on any atom is 0.0647 e. The summed E-state index contributed by atoms with van der Waals surface area (Å²) in [5.41, 5.74) is -0.372. The second-order valence-corrected chi connectivity index (χ2v) is 5.73. The first-order valence-electron chi connectivity index (χ1n) is 6.61. The maximum absolute atomic E-state index is 10.3. The van der Waals surface area contributed by atoms with Crippen molar-refractivity contribution >= 4 is 0 Å². The lowest BCUT2D eigenvalue weighted by atomic mass is 9.71. The maximum atomic E-state index is 10.3. The van der Waals surface area contributed by atoms with Crippen LogP contribution < -0.4 is 5.32 Å². The number of rotatable bonds is 2. The molecule has 2 aliphatic rings. The van der Waals surface area contributed by atoms with Crippen molar-refractivity contribution in [3.63, 3.8) is 0 Å². The van der Waals surface area contributed by atoms with Crippen LogP contribution in [-0.4, -0.2) is 23.8 Å². The molecular formula is C13H25NO. The largest absolute Gasteiger partial charge is 0.390 e. The van der Waals surface area contributed by atoms with Crippen molar-refractivity contribution in [2.45, 2.75) is 57.5 Å². The van der Waals surface area contributed by atoms with E-state index in [2.05, 4.69) is 12.2 Å². The quantitative estimate of drug-likeness (QED) is 0.734. The van der Waals surface area contributed by atoms with Crippen molar-refractivity contribution in [1.82, 2.24) is 5.32 Å². The fourth-order valence-corrected chi connectivity index (χ4v) is 3.28. The van der Waals surface area contributed by atoms with Crippen LogP contribution in [0.4, 0.5) is 0 Å². The lowest BCUT2D eigenvalue weighted by Gasteiger charge is -2.39.